The van der Waals surface area contributed by atoms with Gasteiger partial charge in [0, 0.05) is 51.3 Å². The number of hydrogen-bond donors (Lipinski definition) is 3. The number of aromatic nitrogens is 1. The van der Waals surface area contributed by atoms with Gasteiger partial charge < -0.3 is 30.1 Å². The van der Waals surface area contributed by atoms with Crippen LogP contribution in [0.2, 0.25) is 0 Å². The van der Waals surface area contributed by atoms with E-state index in [2.05, 4.69) is 21.1 Å². The Morgan fingerprint density at radius 1 is 1.16 bits per heavy atom. The van der Waals surface area contributed by atoms with E-state index in [-0.39, 0.29) is 36.9 Å². The SMILES string of the molecule is Cc1cc(CNC(=O)C2CCCC(NC(=O)NC3(c4ccccc4)CCOCC3)CN(C)C(=O)C2)no1. The number of likely N-dealkylation sites (N-methyl/N-ethyl adjacent to an activating group) is 1. The highest BCUT2D eigenvalue weighted by molar-refractivity contribution is 5.85. The van der Waals surface area contributed by atoms with Crippen LogP contribution in [0.1, 0.15) is 55.5 Å². The lowest BCUT2D eigenvalue weighted by molar-refractivity contribution is -0.135. The molecule has 3 N–H and O–H groups in total. The van der Waals surface area contributed by atoms with Crippen LogP contribution in [0.4, 0.5) is 4.79 Å². The van der Waals surface area contributed by atoms with Gasteiger partial charge in [0.25, 0.3) is 0 Å². The van der Waals surface area contributed by atoms with Crippen LogP contribution in [0.15, 0.2) is 40.9 Å². The Morgan fingerprint density at radius 3 is 2.62 bits per heavy atom. The minimum Gasteiger partial charge on any atom is -0.381 e. The second-order valence-corrected chi connectivity index (χ2v) is 10.1. The standard InChI is InChI=1S/C27H37N5O5/c1-19-15-23(31-37-19)17-28-25(34)20-7-6-10-22(18-32(2)24(33)16-20)29-26(35)30-27(11-13-36-14-12-27)21-8-4-3-5-9-21/h3-5,8-9,15,20,22H,6-7,10-14,16-18H2,1-2H3,(H,28,34)(H2,29,30,35). The summed E-state index contributed by atoms with van der Waals surface area (Å²) in [5, 5.41) is 13.1. The first-order chi connectivity index (χ1) is 17.8. The number of ether oxygens (including phenoxy) is 1. The highest BCUT2D eigenvalue weighted by atomic mass is 16.5. The van der Waals surface area contributed by atoms with E-state index < -0.39 is 11.5 Å². The summed E-state index contributed by atoms with van der Waals surface area (Å²) in [6.45, 7) is 3.60. The summed E-state index contributed by atoms with van der Waals surface area (Å²) in [7, 11) is 1.72. The van der Waals surface area contributed by atoms with Gasteiger partial charge in [-0.15, -0.1) is 0 Å². The molecule has 37 heavy (non-hydrogen) atoms. The molecule has 1 aromatic carbocycles. The van der Waals surface area contributed by atoms with Gasteiger partial charge in [-0.2, -0.15) is 0 Å². The number of carbonyl (C=O) groups is 3. The third-order valence-electron chi connectivity index (χ3n) is 7.30. The van der Waals surface area contributed by atoms with Crippen LogP contribution in [0.25, 0.3) is 0 Å². The Hall–Kier alpha value is -3.40. The maximum Gasteiger partial charge on any atom is 0.315 e. The van der Waals surface area contributed by atoms with Crippen molar-refractivity contribution in [1.82, 2.24) is 26.0 Å². The van der Waals surface area contributed by atoms with Gasteiger partial charge in [-0.3, -0.25) is 9.59 Å². The van der Waals surface area contributed by atoms with Gasteiger partial charge in [0.15, 0.2) is 0 Å². The maximum atomic E-state index is 13.2. The zero-order valence-electron chi connectivity index (χ0n) is 21.6. The van der Waals surface area contributed by atoms with Crippen molar-refractivity contribution in [3.8, 4) is 0 Å². The number of benzene rings is 1. The fourth-order valence-corrected chi connectivity index (χ4v) is 5.17. The molecule has 2 fully saturated rings. The molecule has 4 rings (SSSR count). The summed E-state index contributed by atoms with van der Waals surface area (Å²) >= 11 is 0. The number of aryl methyl sites for hydroxylation is 1. The van der Waals surface area contributed by atoms with Crippen LogP contribution in [0.5, 0.6) is 0 Å². The first-order valence-corrected chi connectivity index (χ1v) is 13.0. The monoisotopic (exact) mass is 511 g/mol. The number of amides is 4. The summed E-state index contributed by atoms with van der Waals surface area (Å²) in [5.41, 5.74) is 1.21. The molecular formula is C27H37N5O5. The molecule has 0 radical (unpaired) electrons. The number of hydrogen-bond acceptors (Lipinski definition) is 6. The normalized spacial score (nSPS) is 22.3. The molecule has 2 saturated heterocycles. The van der Waals surface area contributed by atoms with Crippen molar-refractivity contribution >= 4 is 17.8 Å². The van der Waals surface area contributed by atoms with Crippen LogP contribution in [-0.4, -0.2) is 60.8 Å². The van der Waals surface area contributed by atoms with Crippen molar-refractivity contribution in [3.05, 3.63) is 53.4 Å². The Morgan fingerprint density at radius 2 is 1.92 bits per heavy atom. The molecule has 3 heterocycles. The van der Waals surface area contributed by atoms with E-state index in [9.17, 15) is 14.4 Å². The van der Waals surface area contributed by atoms with Gasteiger partial charge in [0.1, 0.15) is 11.5 Å². The highest BCUT2D eigenvalue weighted by Gasteiger charge is 2.36. The Kier molecular flexibility index (Phi) is 8.81. The van der Waals surface area contributed by atoms with Gasteiger partial charge in [0.05, 0.1) is 12.1 Å². The van der Waals surface area contributed by atoms with E-state index in [1.807, 2.05) is 30.3 Å². The Balaban J connectivity index is 1.35. The van der Waals surface area contributed by atoms with Gasteiger partial charge in [0.2, 0.25) is 11.8 Å². The van der Waals surface area contributed by atoms with Gasteiger partial charge >= 0.3 is 6.03 Å². The molecule has 10 nitrogen and oxygen atoms in total. The molecular weight excluding hydrogens is 474 g/mol. The van der Waals surface area contributed by atoms with Crippen molar-refractivity contribution in [3.63, 3.8) is 0 Å². The molecule has 2 aliphatic heterocycles. The molecule has 0 saturated carbocycles. The summed E-state index contributed by atoms with van der Waals surface area (Å²) in [5.74, 6) is -0.0377. The van der Waals surface area contributed by atoms with Crippen molar-refractivity contribution in [2.75, 3.05) is 26.8 Å². The highest BCUT2D eigenvalue weighted by Crippen LogP contribution is 2.32. The molecule has 0 aliphatic carbocycles. The summed E-state index contributed by atoms with van der Waals surface area (Å²) < 4.78 is 10.6. The molecule has 10 heteroatoms. The van der Waals surface area contributed by atoms with E-state index in [0.29, 0.717) is 63.3 Å². The van der Waals surface area contributed by atoms with Crippen molar-refractivity contribution in [1.29, 1.82) is 0 Å². The van der Waals surface area contributed by atoms with Gasteiger partial charge in [-0.25, -0.2) is 4.79 Å². The summed E-state index contributed by atoms with van der Waals surface area (Å²) in [4.78, 5) is 40.5. The number of nitrogens with one attached hydrogen (secondary N) is 3. The third kappa shape index (κ3) is 7.09. The largest absolute Gasteiger partial charge is 0.381 e. The van der Waals surface area contributed by atoms with Crippen LogP contribution >= 0.6 is 0 Å². The number of urea groups is 1. The average molecular weight is 512 g/mol. The van der Waals surface area contributed by atoms with Crippen LogP contribution in [-0.2, 0) is 26.4 Å². The van der Waals surface area contributed by atoms with Crippen LogP contribution in [0.3, 0.4) is 0 Å². The first kappa shape index (κ1) is 26.7. The minimum atomic E-state index is -0.491. The second kappa shape index (κ2) is 12.2. The minimum absolute atomic E-state index is 0.114. The topological polar surface area (TPSA) is 126 Å². The van der Waals surface area contributed by atoms with E-state index in [4.69, 9.17) is 9.26 Å². The fraction of sp³-hybridized carbons (Fsp3) is 0.556. The number of rotatable bonds is 6. The van der Waals surface area contributed by atoms with E-state index in [1.54, 1.807) is 24.9 Å². The number of nitrogens with zero attached hydrogens (tertiary/aromatic N) is 2. The fourth-order valence-electron chi connectivity index (χ4n) is 5.17. The second-order valence-electron chi connectivity index (χ2n) is 10.1. The molecule has 0 spiro atoms. The zero-order chi connectivity index (χ0) is 26.3. The number of carbonyl (C=O) groups excluding carboxylic acids is 3. The van der Waals surface area contributed by atoms with E-state index >= 15 is 0 Å². The molecule has 2 aliphatic rings. The van der Waals surface area contributed by atoms with Crippen molar-refractivity contribution in [2.24, 2.45) is 5.92 Å². The predicted octanol–water partition coefficient (Wildman–Crippen LogP) is 2.62. The van der Waals surface area contributed by atoms with E-state index in [0.717, 1.165) is 5.56 Å². The quantitative estimate of drug-likeness (QED) is 0.547. The van der Waals surface area contributed by atoms with Crippen molar-refractivity contribution in [2.45, 2.75) is 63.6 Å². The van der Waals surface area contributed by atoms with E-state index in [1.165, 1.54) is 0 Å². The maximum absolute atomic E-state index is 13.2. The Bertz CT molecular complexity index is 1070. The molecule has 1 aromatic heterocycles. The van der Waals surface area contributed by atoms with Crippen LogP contribution < -0.4 is 16.0 Å². The third-order valence-corrected chi connectivity index (χ3v) is 7.30. The average Bonchev–Trinajstić information content (AvgIpc) is 3.33. The molecule has 2 unspecified atom stereocenters. The summed E-state index contributed by atoms with van der Waals surface area (Å²) in [6.07, 6.45) is 3.46. The lowest BCUT2D eigenvalue weighted by atomic mass is 9.83. The smallest absolute Gasteiger partial charge is 0.315 e. The lowest BCUT2D eigenvalue weighted by Crippen LogP contribution is -2.55. The first-order valence-electron chi connectivity index (χ1n) is 13.0. The molecule has 2 aromatic rings. The van der Waals surface area contributed by atoms with Crippen molar-refractivity contribution < 1.29 is 23.6 Å². The van der Waals surface area contributed by atoms with Gasteiger partial charge in [-0.05, 0) is 38.2 Å². The lowest BCUT2D eigenvalue weighted by Gasteiger charge is -2.39. The molecule has 2 atom stereocenters. The van der Waals surface area contributed by atoms with Crippen LogP contribution in [0, 0.1) is 12.8 Å². The molecule has 200 valence electrons. The molecule has 4 amide bonds. The van der Waals surface area contributed by atoms with Gasteiger partial charge in [-0.1, -0.05) is 41.9 Å². The zero-order valence-corrected chi connectivity index (χ0v) is 21.6. The Labute approximate surface area is 217 Å². The predicted molar refractivity (Wildman–Crippen MR) is 136 cm³/mol. The summed E-state index contributed by atoms with van der Waals surface area (Å²) in [6, 6.07) is 11.3. The molecule has 0 bridgehead atoms.